The number of aromatic nitrogens is 2. The first-order valence-electron chi connectivity index (χ1n) is 7.09. The zero-order chi connectivity index (χ0) is 18.2. The van der Waals surface area contributed by atoms with E-state index in [9.17, 15) is 18.3 Å². The van der Waals surface area contributed by atoms with Crippen molar-refractivity contribution in [3.63, 3.8) is 0 Å². The molecule has 0 fully saturated rings. The summed E-state index contributed by atoms with van der Waals surface area (Å²) < 4.78 is 40.7. The predicted molar refractivity (Wildman–Crippen MR) is 87.9 cm³/mol. The maximum atomic E-state index is 12.3. The summed E-state index contributed by atoms with van der Waals surface area (Å²) in [5.41, 5.74) is 1.30. The number of ether oxygens (including phenoxy) is 1. The molecule has 1 aromatic heterocycles. The smallest absolute Gasteiger partial charge is 0.406 e. The largest absolute Gasteiger partial charge is 0.573 e. The van der Waals surface area contributed by atoms with Gasteiger partial charge in [-0.3, -0.25) is 5.10 Å². The van der Waals surface area contributed by atoms with Gasteiger partial charge in [-0.1, -0.05) is 29.3 Å². The second-order valence-electron chi connectivity index (χ2n) is 5.32. The molecule has 0 aliphatic rings. The van der Waals surface area contributed by atoms with Gasteiger partial charge in [0, 0.05) is 27.9 Å². The number of H-pyrrole nitrogens is 1. The molecule has 0 amide bonds. The molecule has 0 spiro atoms. The number of hydrogen-bond donors (Lipinski definition) is 2. The first-order chi connectivity index (χ1) is 11.7. The van der Waals surface area contributed by atoms with Crippen molar-refractivity contribution in [3.8, 4) is 5.75 Å². The van der Waals surface area contributed by atoms with Gasteiger partial charge in [0.15, 0.2) is 0 Å². The molecule has 3 rings (SSSR count). The highest BCUT2D eigenvalue weighted by atomic mass is 35.5. The SMILES string of the molecule is OC(Cc1ccc(Cl)cc1Cl)c1n[nH]c2cc(OC(F)(F)F)ccc12. The van der Waals surface area contributed by atoms with Gasteiger partial charge in [0.05, 0.1) is 11.2 Å². The van der Waals surface area contributed by atoms with Gasteiger partial charge in [-0.25, -0.2) is 0 Å². The standard InChI is InChI=1S/C16H11Cl2F3N2O2/c17-9-2-1-8(12(18)6-9)5-14(24)15-11-4-3-10(25-16(19,20)21)7-13(11)22-23-15/h1-4,6-7,14,24H,5H2,(H,22,23). The van der Waals surface area contributed by atoms with Gasteiger partial charge < -0.3 is 9.84 Å². The Balaban J connectivity index is 1.85. The van der Waals surface area contributed by atoms with Crippen LogP contribution < -0.4 is 4.74 Å². The molecule has 1 heterocycles. The van der Waals surface area contributed by atoms with E-state index in [1.165, 1.54) is 12.1 Å². The number of nitrogens with zero attached hydrogens (tertiary/aromatic N) is 1. The van der Waals surface area contributed by atoms with Crippen molar-refractivity contribution in [2.24, 2.45) is 0 Å². The number of halogens is 5. The van der Waals surface area contributed by atoms with Crippen LogP contribution in [0.5, 0.6) is 5.75 Å². The van der Waals surface area contributed by atoms with E-state index in [2.05, 4.69) is 14.9 Å². The molecule has 25 heavy (non-hydrogen) atoms. The van der Waals surface area contributed by atoms with Gasteiger partial charge in [0.25, 0.3) is 0 Å². The third-order valence-corrected chi connectivity index (χ3v) is 4.13. The first kappa shape index (κ1) is 17.8. The number of hydrogen-bond acceptors (Lipinski definition) is 3. The Labute approximate surface area is 150 Å². The minimum atomic E-state index is -4.78. The van der Waals surface area contributed by atoms with Gasteiger partial charge in [0.1, 0.15) is 11.9 Å². The van der Waals surface area contributed by atoms with Crippen LogP contribution in [0.3, 0.4) is 0 Å². The number of benzene rings is 2. The fraction of sp³-hybridized carbons (Fsp3) is 0.188. The van der Waals surface area contributed by atoms with E-state index in [1.807, 2.05) is 0 Å². The fourth-order valence-electron chi connectivity index (χ4n) is 2.46. The van der Waals surface area contributed by atoms with E-state index >= 15 is 0 Å². The van der Waals surface area contributed by atoms with Crippen molar-refractivity contribution in [1.29, 1.82) is 0 Å². The molecule has 1 atom stereocenters. The minimum absolute atomic E-state index is 0.177. The van der Waals surface area contributed by atoms with Crippen LogP contribution in [0.25, 0.3) is 10.9 Å². The van der Waals surface area contributed by atoms with E-state index < -0.39 is 12.5 Å². The van der Waals surface area contributed by atoms with Gasteiger partial charge in [-0.15, -0.1) is 13.2 Å². The Morgan fingerprint density at radius 1 is 1.16 bits per heavy atom. The topological polar surface area (TPSA) is 58.1 Å². The molecule has 0 aliphatic carbocycles. The average Bonchev–Trinajstić information content (AvgIpc) is 2.91. The summed E-state index contributed by atoms with van der Waals surface area (Å²) >= 11 is 11.9. The number of fused-ring (bicyclic) bond motifs is 1. The molecule has 9 heteroatoms. The highest BCUT2D eigenvalue weighted by molar-refractivity contribution is 6.35. The van der Waals surface area contributed by atoms with Crippen LogP contribution in [0, 0.1) is 0 Å². The molecule has 0 radical (unpaired) electrons. The Morgan fingerprint density at radius 3 is 2.60 bits per heavy atom. The lowest BCUT2D eigenvalue weighted by molar-refractivity contribution is -0.274. The fourth-order valence-corrected chi connectivity index (χ4v) is 2.95. The van der Waals surface area contributed by atoms with Crippen molar-refractivity contribution in [2.45, 2.75) is 18.9 Å². The van der Waals surface area contributed by atoms with Crippen LogP contribution in [0.15, 0.2) is 36.4 Å². The number of nitrogens with one attached hydrogen (secondary N) is 1. The van der Waals surface area contributed by atoms with E-state index in [4.69, 9.17) is 23.2 Å². The van der Waals surface area contributed by atoms with Crippen LogP contribution in [0.4, 0.5) is 13.2 Å². The monoisotopic (exact) mass is 390 g/mol. The van der Waals surface area contributed by atoms with Crippen molar-refractivity contribution in [3.05, 3.63) is 57.7 Å². The van der Waals surface area contributed by atoms with Gasteiger partial charge in [-0.2, -0.15) is 5.10 Å². The average molecular weight is 391 g/mol. The number of aliphatic hydroxyl groups excluding tert-OH is 1. The Morgan fingerprint density at radius 2 is 1.92 bits per heavy atom. The summed E-state index contributed by atoms with van der Waals surface area (Å²) in [4.78, 5) is 0. The molecule has 0 saturated heterocycles. The second kappa shape index (κ2) is 6.74. The second-order valence-corrected chi connectivity index (χ2v) is 6.16. The van der Waals surface area contributed by atoms with Crippen LogP contribution in [-0.4, -0.2) is 21.7 Å². The molecule has 4 nitrogen and oxygen atoms in total. The molecule has 132 valence electrons. The van der Waals surface area contributed by atoms with Gasteiger partial charge in [0.2, 0.25) is 0 Å². The lowest BCUT2D eigenvalue weighted by Crippen LogP contribution is -2.16. The number of alkyl halides is 3. The summed E-state index contributed by atoms with van der Waals surface area (Å²) in [5.74, 6) is -0.370. The Hall–Kier alpha value is -1.96. The van der Waals surface area contributed by atoms with Crippen molar-refractivity contribution in [2.75, 3.05) is 0 Å². The van der Waals surface area contributed by atoms with Gasteiger partial charge >= 0.3 is 6.36 Å². The summed E-state index contributed by atoms with van der Waals surface area (Å²) in [6.07, 6.45) is -5.60. The van der Waals surface area contributed by atoms with Crippen molar-refractivity contribution >= 4 is 34.1 Å². The molecule has 1 unspecified atom stereocenters. The lowest BCUT2D eigenvalue weighted by atomic mass is 10.0. The van der Waals surface area contributed by atoms with Crippen LogP contribution in [-0.2, 0) is 6.42 Å². The molecule has 0 aliphatic heterocycles. The van der Waals surface area contributed by atoms with Gasteiger partial charge in [-0.05, 0) is 29.8 Å². The number of aromatic amines is 1. The minimum Gasteiger partial charge on any atom is -0.406 e. The Bertz CT molecular complexity index is 912. The normalized spacial score (nSPS) is 13.2. The Kier molecular flexibility index (Phi) is 4.81. The van der Waals surface area contributed by atoms with E-state index in [0.717, 1.165) is 6.07 Å². The lowest BCUT2D eigenvalue weighted by Gasteiger charge is -2.11. The molecule has 2 aromatic carbocycles. The third kappa shape index (κ3) is 4.18. The maximum Gasteiger partial charge on any atom is 0.573 e. The van der Waals surface area contributed by atoms with Crippen LogP contribution in [0.1, 0.15) is 17.4 Å². The molecule has 0 bridgehead atoms. The summed E-state index contributed by atoms with van der Waals surface area (Å²) in [5, 5.41) is 18.4. The quantitative estimate of drug-likeness (QED) is 0.655. The highest BCUT2D eigenvalue weighted by Gasteiger charge is 2.31. The summed E-state index contributed by atoms with van der Waals surface area (Å²) in [6, 6.07) is 8.64. The van der Waals surface area contributed by atoms with Crippen LogP contribution in [0.2, 0.25) is 10.0 Å². The third-order valence-electron chi connectivity index (χ3n) is 3.54. The van der Waals surface area contributed by atoms with Crippen molar-refractivity contribution in [1.82, 2.24) is 10.2 Å². The molecule has 3 aromatic rings. The maximum absolute atomic E-state index is 12.3. The number of rotatable bonds is 4. The van der Waals surface area contributed by atoms with Crippen LogP contribution >= 0.6 is 23.2 Å². The molecule has 2 N–H and O–H groups in total. The number of aliphatic hydroxyl groups is 1. The molecule has 0 saturated carbocycles. The van der Waals surface area contributed by atoms with E-state index in [-0.39, 0.29) is 12.2 Å². The van der Waals surface area contributed by atoms with Crippen molar-refractivity contribution < 1.29 is 23.0 Å². The van der Waals surface area contributed by atoms with E-state index in [1.54, 1.807) is 18.2 Å². The zero-order valence-electron chi connectivity index (χ0n) is 12.4. The highest BCUT2D eigenvalue weighted by Crippen LogP contribution is 2.31. The zero-order valence-corrected chi connectivity index (χ0v) is 14.0. The molecular weight excluding hydrogens is 380 g/mol. The first-order valence-corrected chi connectivity index (χ1v) is 7.84. The van der Waals surface area contributed by atoms with E-state index in [0.29, 0.717) is 32.2 Å². The summed E-state index contributed by atoms with van der Waals surface area (Å²) in [6.45, 7) is 0. The summed E-state index contributed by atoms with van der Waals surface area (Å²) in [7, 11) is 0. The molecular formula is C16H11Cl2F3N2O2. The predicted octanol–water partition coefficient (Wildman–Crippen LogP) is 5.04.